The van der Waals surface area contributed by atoms with Crippen molar-refractivity contribution in [1.82, 2.24) is 4.90 Å². The van der Waals surface area contributed by atoms with Gasteiger partial charge in [0, 0.05) is 25.8 Å². The molecule has 0 saturated carbocycles. The molecule has 0 bridgehead atoms. The summed E-state index contributed by atoms with van der Waals surface area (Å²) < 4.78 is 0. The fourth-order valence-electron chi connectivity index (χ4n) is 2.12. The fraction of sp³-hybridized carbons (Fsp3) is 0.444. The number of nitrogens with one attached hydrogen (secondary N) is 1. The van der Waals surface area contributed by atoms with Crippen LogP contribution in [0, 0.1) is 0 Å². The van der Waals surface area contributed by atoms with Gasteiger partial charge in [-0.05, 0) is 48.4 Å². The molecule has 0 amide bonds. The second-order valence-electron chi connectivity index (χ2n) is 5.13. The lowest BCUT2D eigenvalue weighted by molar-refractivity contribution is 0.368. The van der Waals surface area contributed by atoms with Crippen molar-refractivity contribution in [2.75, 3.05) is 25.5 Å². The van der Waals surface area contributed by atoms with Gasteiger partial charge < -0.3 is 10.2 Å². The first kappa shape index (κ1) is 17.7. The van der Waals surface area contributed by atoms with Crippen LogP contribution in [0.3, 0.4) is 0 Å². The van der Waals surface area contributed by atoms with Gasteiger partial charge >= 0.3 is 0 Å². The summed E-state index contributed by atoms with van der Waals surface area (Å²) in [5.74, 6) is 0. The smallest absolute Gasteiger partial charge is 0.0676 e. The maximum Gasteiger partial charge on any atom is 0.0676 e. The quantitative estimate of drug-likeness (QED) is 0.656. The number of hydrogen-bond acceptors (Lipinski definition) is 3. The molecule has 0 atom stereocenters. The molecule has 0 radical (unpaired) electrons. The minimum atomic E-state index is 1.09. The average molecular weight is 305 g/mol. The SMILES string of the molecule is C=C(S/C=C(\C)c1cccc(NC)c1)N(CCC)CCC. The third kappa shape index (κ3) is 5.88. The zero-order valence-electron chi connectivity index (χ0n) is 13.8. The molecule has 0 unspecified atom stereocenters. The summed E-state index contributed by atoms with van der Waals surface area (Å²) in [6.45, 7) is 13.0. The molecule has 0 aliphatic carbocycles. The van der Waals surface area contributed by atoms with Crippen LogP contribution in [0.2, 0.25) is 0 Å². The summed E-state index contributed by atoms with van der Waals surface area (Å²) >= 11 is 1.73. The van der Waals surface area contributed by atoms with E-state index >= 15 is 0 Å². The lowest BCUT2D eigenvalue weighted by Gasteiger charge is -2.24. The van der Waals surface area contributed by atoms with Gasteiger partial charge in [-0.15, -0.1) is 0 Å². The molecule has 0 aliphatic rings. The van der Waals surface area contributed by atoms with E-state index in [0.29, 0.717) is 0 Å². The Hall–Kier alpha value is -1.35. The topological polar surface area (TPSA) is 15.3 Å². The second kappa shape index (κ2) is 9.56. The van der Waals surface area contributed by atoms with Gasteiger partial charge in [0.05, 0.1) is 5.03 Å². The molecular weight excluding hydrogens is 276 g/mol. The second-order valence-corrected chi connectivity index (χ2v) is 6.07. The van der Waals surface area contributed by atoms with Crippen LogP contribution >= 0.6 is 11.8 Å². The predicted octanol–water partition coefficient (Wildman–Crippen LogP) is 5.42. The highest BCUT2D eigenvalue weighted by molar-refractivity contribution is 8.05. The van der Waals surface area contributed by atoms with Crippen LogP contribution in [0.15, 0.2) is 41.3 Å². The lowest BCUT2D eigenvalue weighted by Crippen LogP contribution is -2.22. The van der Waals surface area contributed by atoms with Crippen molar-refractivity contribution < 1.29 is 0 Å². The molecule has 0 aliphatic heterocycles. The van der Waals surface area contributed by atoms with Gasteiger partial charge in [0.1, 0.15) is 0 Å². The normalized spacial score (nSPS) is 11.3. The molecule has 0 saturated heterocycles. The van der Waals surface area contributed by atoms with Gasteiger partial charge in [-0.1, -0.05) is 44.3 Å². The molecule has 1 aromatic carbocycles. The van der Waals surface area contributed by atoms with Crippen LogP contribution in [-0.2, 0) is 0 Å². The molecule has 2 nitrogen and oxygen atoms in total. The van der Waals surface area contributed by atoms with Gasteiger partial charge in [-0.2, -0.15) is 0 Å². The van der Waals surface area contributed by atoms with E-state index in [4.69, 9.17) is 0 Å². The fourth-order valence-corrected chi connectivity index (χ4v) is 2.90. The molecule has 0 fully saturated rings. The zero-order chi connectivity index (χ0) is 15.7. The number of nitrogens with zero attached hydrogens (tertiary/aromatic N) is 1. The third-order valence-corrected chi connectivity index (χ3v) is 4.32. The van der Waals surface area contributed by atoms with Crippen LogP contribution in [0.1, 0.15) is 39.2 Å². The first-order chi connectivity index (χ1) is 10.1. The van der Waals surface area contributed by atoms with Crippen LogP contribution in [0.4, 0.5) is 5.69 Å². The van der Waals surface area contributed by atoms with Crippen LogP contribution in [0.25, 0.3) is 5.57 Å². The summed E-state index contributed by atoms with van der Waals surface area (Å²) in [7, 11) is 1.95. The Balaban J connectivity index is 2.71. The van der Waals surface area contributed by atoms with E-state index in [2.05, 4.69) is 67.2 Å². The molecule has 1 N–H and O–H groups in total. The Kier molecular flexibility index (Phi) is 8.06. The van der Waals surface area contributed by atoms with E-state index in [1.807, 2.05) is 7.05 Å². The van der Waals surface area contributed by atoms with Crippen molar-refractivity contribution in [1.29, 1.82) is 0 Å². The summed E-state index contributed by atoms with van der Waals surface area (Å²) in [5, 5.41) is 6.52. The van der Waals surface area contributed by atoms with Crippen molar-refractivity contribution in [3.05, 3.63) is 46.8 Å². The molecule has 0 spiro atoms. The minimum Gasteiger partial charge on any atom is -0.388 e. The van der Waals surface area contributed by atoms with E-state index < -0.39 is 0 Å². The minimum absolute atomic E-state index is 1.09. The molecule has 1 rings (SSSR count). The van der Waals surface area contributed by atoms with Gasteiger partial charge in [-0.3, -0.25) is 0 Å². The third-order valence-electron chi connectivity index (χ3n) is 3.32. The first-order valence-electron chi connectivity index (χ1n) is 7.67. The van der Waals surface area contributed by atoms with E-state index in [9.17, 15) is 0 Å². The Morgan fingerprint density at radius 2 is 1.95 bits per heavy atom. The van der Waals surface area contributed by atoms with Crippen molar-refractivity contribution >= 4 is 23.0 Å². The molecule has 0 heterocycles. The number of hydrogen-bond donors (Lipinski definition) is 1. The maximum absolute atomic E-state index is 4.22. The van der Waals surface area contributed by atoms with Gasteiger partial charge in [0.2, 0.25) is 0 Å². The van der Waals surface area contributed by atoms with Crippen molar-refractivity contribution in [3.63, 3.8) is 0 Å². The lowest BCUT2D eigenvalue weighted by atomic mass is 10.1. The molecule has 116 valence electrons. The largest absolute Gasteiger partial charge is 0.388 e. The van der Waals surface area contributed by atoms with E-state index in [1.165, 1.54) is 11.1 Å². The zero-order valence-corrected chi connectivity index (χ0v) is 14.6. The standard InChI is InChI=1S/C18H28N2S/c1-6-11-20(12-7-2)16(4)21-14-15(3)17-9-8-10-18(13-17)19-5/h8-10,13-14,19H,4,6-7,11-12H2,1-3,5H3/b15-14+. The average Bonchev–Trinajstić information content (AvgIpc) is 2.52. The summed E-state index contributed by atoms with van der Waals surface area (Å²) in [4.78, 5) is 2.37. The van der Waals surface area contributed by atoms with Crippen LogP contribution in [-0.4, -0.2) is 25.0 Å². The van der Waals surface area contributed by atoms with E-state index in [1.54, 1.807) is 11.8 Å². The predicted molar refractivity (Wildman–Crippen MR) is 98.5 cm³/mol. The Labute approximate surface area is 134 Å². The van der Waals surface area contributed by atoms with E-state index in [-0.39, 0.29) is 0 Å². The summed E-state index contributed by atoms with van der Waals surface area (Å²) in [5.41, 5.74) is 3.66. The Bertz CT molecular complexity index is 474. The molecule has 1 aromatic rings. The van der Waals surface area contributed by atoms with Crippen molar-refractivity contribution in [2.45, 2.75) is 33.6 Å². The van der Waals surface area contributed by atoms with Gasteiger partial charge in [-0.25, -0.2) is 0 Å². The number of benzene rings is 1. The van der Waals surface area contributed by atoms with Crippen molar-refractivity contribution in [3.8, 4) is 0 Å². The first-order valence-corrected chi connectivity index (χ1v) is 8.55. The Morgan fingerprint density at radius 3 is 2.52 bits per heavy atom. The maximum atomic E-state index is 4.22. The highest BCUT2D eigenvalue weighted by atomic mass is 32.2. The number of anilines is 1. The number of thioether (sulfide) groups is 1. The molecule has 3 heteroatoms. The van der Waals surface area contributed by atoms with E-state index in [0.717, 1.165) is 36.6 Å². The monoisotopic (exact) mass is 304 g/mol. The van der Waals surface area contributed by atoms with Crippen LogP contribution in [0.5, 0.6) is 0 Å². The number of allylic oxidation sites excluding steroid dienone is 1. The van der Waals surface area contributed by atoms with Crippen LogP contribution < -0.4 is 5.32 Å². The molecule has 0 aromatic heterocycles. The highest BCUT2D eigenvalue weighted by Crippen LogP contribution is 2.26. The highest BCUT2D eigenvalue weighted by Gasteiger charge is 2.05. The Morgan fingerprint density at radius 1 is 1.29 bits per heavy atom. The molecule has 21 heavy (non-hydrogen) atoms. The number of rotatable bonds is 9. The summed E-state index contributed by atoms with van der Waals surface area (Å²) in [6.07, 6.45) is 2.32. The van der Waals surface area contributed by atoms with Gasteiger partial charge in [0.15, 0.2) is 0 Å². The van der Waals surface area contributed by atoms with Crippen molar-refractivity contribution in [2.24, 2.45) is 0 Å². The molecular formula is C18H28N2S. The summed E-state index contributed by atoms with van der Waals surface area (Å²) in [6, 6.07) is 8.47. The van der Waals surface area contributed by atoms with Gasteiger partial charge in [0.25, 0.3) is 0 Å².